The minimum Gasteiger partial charge on any atom is -0.348 e. The van der Waals surface area contributed by atoms with Crippen LogP contribution in [0.2, 0.25) is 0 Å². The van der Waals surface area contributed by atoms with Crippen molar-refractivity contribution in [1.29, 1.82) is 0 Å². The molecule has 0 radical (unpaired) electrons. The maximum Gasteiger partial charge on any atom is 0.389 e. The molecule has 0 atom stereocenters. The van der Waals surface area contributed by atoms with Gasteiger partial charge < -0.3 is 10.6 Å². The van der Waals surface area contributed by atoms with Gasteiger partial charge in [0.2, 0.25) is 0 Å². The van der Waals surface area contributed by atoms with Crippen LogP contribution < -0.4 is 10.6 Å². The van der Waals surface area contributed by atoms with Crippen molar-refractivity contribution < 1.29 is 18.0 Å². The van der Waals surface area contributed by atoms with Crippen molar-refractivity contribution >= 4 is 11.6 Å². The zero-order valence-corrected chi connectivity index (χ0v) is 20.2. The summed E-state index contributed by atoms with van der Waals surface area (Å²) < 4.78 is 38.6. The predicted molar refractivity (Wildman–Crippen MR) is 126 cm³/mol. The van der Waals surface area contributed by atoms with Crippen molar-refractivity contribution in [3.8, 4) is 11.3 Å². The highest BCUT2D eigenvalue weighted by atomic mass is 19.4. The number of aromatic amines is 1. The van der Waals surface area contributed by atoms with Gasteiger partial charge in [-0.05, 0) is 63.1 Å². The van der Waals surface area contributed by atoms with E-state index in [-0.39, 0.29) is 30.3 Å². The fourth-order valence-corrected chi connectivity index (χ4v) is 4.83. The second-order valence-corrected chi connectivity index (χ2v) is 9.65. The lowest BCUT2D eigenvalue weighted by Gasteiger charge is -2.29. The third-order valence-corrected chi connectivity index (χ3v) is 6.58. The molecule has 3 aromatic heterocycles. The van der Waals surface area contributed by atoms with E-state index in [4.69, 9.17) is 0 Å². The average Bonchev–Trinajstić information content (AvgIpc) is 3.44. The van der Waals surface area contributed by atoms with Crippen LogP contribution in [-0.4, -0.2) is 55.5 Å². The molecule has 4 rings (SSSR count). The van der Waals surface area contributed by atoms with Crippen molar-refractivity contribution in [2.24, 2.45) is 0 Å². The van der Waals surface area contributed by atoms with Crippen LogP contribution in [0.4, 0.5) is 13.2 Å². The minimum absolute atomic E-state index is 0.0182. The lowest BCUT2D eigenvalue weighted by atomic mass is 9.90. The Labute approximate surface area is 202 Å². The van der Waals surface area contributed by atoms with E-state index in [2.05, 4.69) is 30.9 Å². The number of rotatable bonds is 8. The predicted octanol–water partition coefficient (Wildman–Crippen LogP) is 4.52. The zero-order chi connectivity index (χ0) is 25.2. The summed E-state index contributed by atoms with van der Waals surface area (Å²) in [5.41, 5.74) is 4.66. The number of nitrogens with zero attached hydrogens (tertiary/aromatic N) is 4. The largest absolute Gasteiger partial charge is 0.389 e. The molecule has 0 saturated heterocycles. The molecular weight excluding hydrogens is 459 g/mol. The molecule has 0 aromatic carbocycles. The highest BCUT2D eigenvalue weighted by Gasteiger charge is 2.28. The number of carbonyl (C=O) groups excluding carboxylic acids is 1. The number of aromatic nitrogens is 5. The maximum atomic E-state index is 13.2. The van der Waals surface area contributed by atoms with E-state index in [1.807, 2.05) is 33.0 Å². The minimum atomic E-state index is -4.10. The molecule has 1 fully saturated rings. The molecule has 3 aromatic rings. The Morgan fingerprint density at radius 3 is 2.63 bits per heavy atom. The number of carbonyl (C=O) groups is 1. The first-order chi connectivity index (χ1) is 16.6. The number of aryl methyl sites for hydroxylation is 1. The molecule has 0 spiro atoms. The van der Waals surface area contributed by atoms with Crippen molar-refractivity contribution in [1.82, 2.24) is 35.4 Å². The first-order valence-corrected chi connectivity index (χ1v) is 12.1. The number of hydrogen-bond donors (Lipinski definition) is 3. The van der Waals surface area contributed by atoms with Crippen molar-refractivity contribution in [3.05, 3.63) is 35.4 Å². The van der Waals surface area contributed by atoms with Crippen molar-refractivity contribution in [2.45, 2.75) is 83.5 Å². The summed E-state index contributed by atoms with van der Waals surface area (Å²) in [7, 11) is 0. The summed E-state index contributed by atoms with van der Waals surface area (Å²) >= 11 is 0. The summed E-state index contributed by atoms with van der Waals surface area (Å²) in [6.45, 7) is 6.38. The third kappa shape index (κ3) is 6.01. The van der Waals surface area contributed by atoms with Crippen LogP contribution in [0.3, 0.4) is 0 Å². The molecule has 3 N–H and O–H groups in total. The quantitative estimate of drug-likeness (QED) is 0.402. The summed E-state index contributed by atoms with van der Waals surface area (Å²) in [6, 6.07) is 2.22. The Morgan fingerprint density at radius 2 is 1.94 bits per heavy atom. The zero-order valence-electron chi connectivity index (χ0n) is 20.2. The second kappa shape index (κ2) is 10.3. The van der Waals surface area contributed by atoms with E-state index < -0.39 is 12.6 Å². The molecule has 1 aliphatic carbocycles. The number of alkyl halides is 3. The first kappa shape index (κ1) is 25.2. The van der Waals surface area contributed by atoms with E-state index >= 15 is 0 Å². The van der Waals surface area contributed by atoms with Crippen LogP contribution >= 0.6 is 0 Å². The van der Waals surface area contributed by atoms with Gasteiger partial charge in [-0.1, -0.05) is 13.8 Å². The molecule has 0 bridgehead atoms. The summed E-state index contributed by atoms with van der Waals surface area (Å²) in [4.78, 5) is 17.4. The van der Waals surface area contributed by atoms with Crippen LogP contribution in [0.5, 0.6) is 0 Å². The molecule has 190 valence electrons. The molecule has 1 amide bonds. The van der Waals surface area contributed by atoms with E-state index in [1.54, 1.807) is 4.52 Å². The van der Waals surface area contributed by atoms with Gasteiger partial charge in [-0.2, -0.15) is 23.4 Å². The van der Waals surface area contributed by atoms with Gasteiger partial charge in [0.15, 0.2) is 11.3 Å². The normalized spacial score (nSPS) is 18.9. The highest BCUT2D eigenvalue weighted by molar-refractivity contribution is 5.96. The SMILES string of the molecule is Cc1cc(-c2[nH]nc(C(=O)N[C@H]3CC[C@@H](NCCCC(F)(F)F)CC3)c2C(C)C)cn2ncnc12. The standard InChI is InChI=1S/C24H32F3N7O/c1-14(2)19-20(16-11-15(3)22-29-13-30-34(22)12-16)32-33-21(19)23(35)31-18-7-5-17(6-8-18)28-10-4-9-24(25,26)27/h11-14,17-18,28H,4-10H2,1-3H3,(H,31,35)(H,32,33)/t17-,18+. The summed E-state index contributed by atoms with van der Waals surface area (Å²) in [5.74, 6) is -0.149. The van der Waals surface area contributed by atoms with Crippen molar-refractivity contribution in [3.63, 3.8) is 0 Å². The van der Waals surface area contributed by atoms with Gasteiger partial charge in [0.25, 0.3) is 5.91 Å². The number of H-pyrrole nitrogens is 1. The van der Waals surface area contributed by atoms with Gasteiger partial charge in [0.1, 0.15) is 6.33 Å². The van der Waals surface area contributed by atoms with Crippen LogP contribution in [-0.2, 0) is 0 Å². The Hall–Kier alpha value is -2.95. The maximum absolute atomic E-state index is 13.2. The number of pyridine rings is 1. The highest BCUT2D eigenvalue weighted by Crippen LogP contribution is 2.31. The lowest BCUT2D eigenvalue weighted by Crippen LogP contribution is -2.42. The van der Waals surface area contributed by atoms with Crippen LogP contribution in [0.25, 0.3) is 16.9 Å². The second-order valence-electron chi connectivity index (χ2n) is 9.65. The van der Waals surface area contributed by atoms with Gasteiger partial charge in [-0.3, -0.25) is 9.89 Å². The summed E-state index contributed by atoms with van der Waals surface area (Å²) in [6.07, 6.45) is 1.79. The van der Waals surface area contributed by atoms with E-state index in [1.165, 1.54) is 6.33 Å². The van der Waals surface area contributed by atoms with Gasteiger partial charge >= 0.3 is 6.18 Å². The molecule has 0 aliphatic heterocycles. The fourth-order valence-electron chi connectivity index (χ4n) is 4.83. The molecular formula is C24H32F3N7O. The topological polar surface area (TPSA) is 100 Å². The smallest absolute Gasteiger partial charge is 0.348 e. The number of halogens is 3. The third-order valence-electron chi connectivity index (χ3n) is 6.58. The molecule has 35 heavy (non-hydrogen) atoms. The Bertz CT molecular complexity index is 1160. The van der Waals surface area contributed by atoms with E-state index in [0.29, 0.717) is 12.2 Å². The molecule has 1 saturated carbocycles. The Kier molecular flexibility index (Phi) is 7.44. The number of nitrogens with one attached hydrogen (secondary N) is 3. The Morgan fingerprint density at radius 1 is 1.23 bits per heavy atom. The van der Waals surface area contributed by atoms with Crippen LogP contribution in [0.15, 0.2) is 18.6 Å². The van der Waals surface area contributed by atoms with Gasteiger partial charge in [0.05, 0.1) is 5.69 Å². The van der Waals surface area contributed by atoms with E-state index in [9.17, 15) is 18.0 Å². The molecule has 11 heteroatoms. The monoisotopic (exact) mass is 491 g/mol. The Balaban J connectivity index is 1.38. The fraction of sp³-hybridized carbons (Fsp3) is 0.583. The number of amides is 1. The molecule has 3 heterocycles. The molecule has 8 nitrogen and oxygen atoms in total. The van der Waals surface area contributed by atoms with Gasteiger partial charge in [0, 0.05) is 35.8 Å². The number of hydrogen-bond acceptors (Lipinski definition) is 5. The summed E-state index contributed by atoms with van der Waals surface area (Å²) in [5, 5.41) is 18.0. The molecule has 0 unspecified atom stereocenters. The first-order valence-electron chi connectivity index (χ1n) is 12.1. The lowest BCUT2D eigenvalue weighted by molar-refractivity contribution is -0.135. The average molecular weight is 492 g/mol. The van der Waals surface area contributed by atoms with Gasteiger partial charge in [-0.15, -0.1) is 0 Å². The molecule has 1 aliphatic rings. The number of fused-ring (bicyclic) bond motifs is 1. The van der Waals surface area contributed by atoms with Crippen LogP contribution in [0.1, 0.15) is 79.9 Å². The van der Waals surface area contributed by atoms with Gasteiger partial charge in [-0.25, -0.2) is 9.50 Å². The van der Waals surface area contributed by atoms with Crippen LogP contribution in [0, 0.1) is 6.92 Å². The van der Waals surface area contributed by atoms with E-state index in [0.717, 1.165) is 53.7 Å². The van der Waals surface area contributed by atoms with Crippen molar-refractivity contribution in [2.75, 3.05) is 6.54 Å².